The molecule has 6 heteroatoms. The molecule has 108 valence electrons. The van der Waals surface area contributed by atoms with E-state index in [-0.39, 0.29) is 17.6 Å². The van der Waals surface area contributed by atoms with E-state index in [4.69, 9.17) is 0 Å². The molecule has 0 amide bonds. The Hall–Kier alpha value is -2.03. The molecule has 0 unspecified atom stereocenters. The predicted octanol–water partition coefficient (Wildman–Crippen LogP) is 0.723. The van der Waals surface area contributed by atoms with Crippen LogP contribution in [-0.4, -0.2) is 21.2 Å². The van der Waals surface area contributed by atoms with Crippen molar-refractivity contribution in [2.75, 3.05) is 4.90 Å². The lowest BCUT2D eigenvalue weighted by Crippen LogP contribution is -2.45. The molecule has 0 radical (unpaired) electrons. The molecule has 2 atom stereocenters. The van der Waals surface area contributed by atoms with Gasteiger partial charge in [0.25, 0.3) is 5.56 Å². The van der Waals surface area contributed by atoms with Crippen molar-refractivity contribution in [1.82, 2.24) is 9.13 Å². The molecule has 0 bridgehead atoms. The van der Waals surface area contributed by atoms with Gasteiger partial charge in [0.2, 0.25) is 0 Å². The van der Waals surface area contributed by atoms with Crippen LogP contribution in [0.4, 0.5) is 5.82 Å². The fourth-order valence-electron chi connectivity index (χ4n) is 3.09. The zero-order chi connectivity index (χ0) is 15.0. The third-order valence-corrected chi connectivity index (χ3v) is 4.25. The average molecular weight is 276 g/mol. The number of nitriles is 1. The highest BCUT2D eigenvalue weighted by molar-refractivity contribution is 5.55. The molecule has 1 aliphatic heterocycles. The van der Waals surface area contributed by atoms with E-state index >= 15 is 0 Å². The number of rotatable bonds is 2. The van der Waals surface area contributed by atoms with Crippen molar-refractivity contribution in [3.8, 4) is 6.07 Å². The number of anilines is 1. The smallest absolute Gasteiger partial charge is 0.332 e. The van der Waals surface area contributed by atoms with Crippen molar-refractivity contribution in [1.29, 1.82) is 5.26 Å². The van der Waals surface area contributed by atoms with Crippen molar-refractivity contribution in [3.63, 3.8) is 0 Å². The van der Waals surface area contributed by atoms with Gasteiger partial charge < -0.3 is 4.90 Å². The van der Waals surface area contributed by atoms with Crippen molar-refractivity contribution in [3.05, 3.63) is 26.4 Å². The van der Waals surface area contributed by atoms with Gasteiger partial charge in [-0.3, -0.25) is 13.9 Å². The van der Waals surface area contributed by atoms with Gasteiger partial charge in [-0.05, 0) is 26.2 Å². The lowest BCUT2D eigenvalue weighted by molar-refractivity contribution is 0.585. The largest absolute Gasteiger partial charge is 0.351 e. The molecule has 0 aromatic carbocycles. The second kappa shape index (κ2) is 5.16. The van der Waals surface area contributed by atoms with E-state index in [0.717, 1.165) is 23.8 Å². The normalized spacial score (nSPS) is 22.1. The van der Waals surface area contributed by atoms with Gasteiger partial charge in [0.05, 0.1) is 0 Å². The van der Waals surface area contributed by atoms with Crippen molar-refractivity contribution < 1.29 is 0 Å². The van der Waals surface area contributed by atoms with E-state index in [1.165, 1.54) is 11.6 Å². The highest BCUT2D eigenvalue weighted by atomic mass is 16.2. The summed E-state index contributed by atoms with van der Waals surface area (Å²) in [5.41, 5.74) is -0.848. The Morgan fingerprint density at radius 3 is 2.45 bits per heavy atom. The molecule has 1 aromatic heterocycles. The van der Waals surface area contributed by atoms with E-state index in [0.29, 0.717) is 5.82 Å². The topological polar surface area (TPSA) is 71.0 Å². The van der Waals surface area contributed by atoms with Crippen LogP contribution in [0.5, 0.6) is 0 Å². The SMILES string of the molecule is CC[C@@H]1CC[C@@H](C)N1c1c(C#N)c(=O)n(C)c(=O)n1C. The summed E-state index contributed by atoms with van der Waals surface area (Å²) in [6.45, 7) is 4.15. The van der Waals surface area contributed by atoms with Crippen LogP contribution in [0.1, 0.15) is 38.7 Å². The first kappa shape index (κ1) is 14.4. The lowest BCUT2D eigenvalue weighted by Gasteiger charge is -2.32. The van der Waals surface area contributed by atoms with Gasteiger partial charge in [-0.15, -0.1) is 0 Å². The zero-order valence-corrected chi connectivity index (χ0v) is 12.4. The van der Waals surface area contributed by atoms with Crippen molar-refractivity contribution >= 4 is 5.82 Å². The maximum atomic E-state index is 12.2. The fourth-order valence-corrected chi connectivity index (χ4v) is 3.09. The van der Waals surface area contributed by atoms with E-state index in [2.05, 4.69) is 18.7 Å². The van der Waals surface area contributed by atoms with Crippen LogP contribution in [0.3, 0.4) is 0 Å². The summed E-state index contributed by atoms with van der Waals surface area (Å²) < 4.78 is 2.41. The minimum absolute atomic E-state index is 0.0572. The summed E-state index contributed by atoms with van der Waals surface area (Å²) in [6.07, 6.45) is 2.96. The first-order valence-corrected chi connectivity index (χ1v) is 6.92. The Bertz CT molecular complexity index is 680. The van der Waals surface area contributed by atoms with E-state index < -0.39 is 11.2 Å². The van der Waals surface area contributed by atoms with E-state index in [1.807, 2.05) is 6.07 Å². The average Bonchev–Trinajstić information content (AvgIpc) is 2.81. The Labute approximate surface area is 117 Å². The molecular weight excluding hydrogens is 256 g/mol. The lowest BCUT2D eigenvalue weighted by atomic mass is 10.1. The second-order valence-corrected chi connectivity index (χ2v) is 5.41. The molecule has 1 saturated heterocycles. The summed E-state index contributed by atoms with van der Waals surface area (Å²) in [5, 5.41) is 9.34. The maximum Gasteiger partial charge on any atom is 0.332 e. The number of aromatic nitrogens is 2. The van der Waals surface area contributed by atoms with Crippen LogP contribution >= 0.6 is 0 Å². The molecule has 2 heterocycles. The molecule has 0 aliphatic carbocycles. The molecular formula is C14H20N4O2. The third kappa shape index (κ3) is 1.94. The Kier molecular flexibility index (Phi) is 3.71. The van der Waals surface area contributed by atoms with E-state index in [1.54, 1.807) is 7.05 Å². The zero-order valence-electron chi connectivity index (χ0n) is 12.4. The van der Waals surface area contributed by atoms with Crippen molar-refractivity contribution in [2.24, 2.45) is 14.1 Å². The molecule has 1 aromatic rings. The second-order valence-electron chi connectivity index (χ2n) is 5.41. The number of hydrogen-bond donors (Lipinski definition) is 0. The first-order chi connectivity index (χ1) is 9.43. The number of nitrogens with zero attached hydrogens (tertiary/aromatic N) is 4. The molecule has 1 fully saturated rings. The maximum absolute atomic E-state index is 12.2. The van der Waals surface area contributed by atoms with Gasteiger partial charge in [0, 0.05) is 26.2 Å². The van der Waals surface area contributed by atoms with Gasteiger partial charge >= 0.3 is 5.69 Å². The van der Waals surface area contributed by atoms with Gasteiger partial charge in [0.1, 0.15) is 11.9 Å². The summed E-state index contributed by atoms with van der Waals surface area (Å²) in [5.74, 6) is 0.470. The summed E-state index contributed by atoms with van der Waals surface area (Å²) >= 11 is 0. The highest BCUT2D eigenvalue weighted by Crippen LogP contribution is 2.32. The Balaban J connectivity index is 2.78. The minimum Gasteiger partial charge on any atom is -0.351 e. The van der Waals surface area contributed by atoms with Crippen LogP contribution in [0, 0.1) is 11.3 Å². The summed E-state index contributed by atoms with van der Waals surface area (Å²) in [7, 11) is 3.02. The van der Waals surface area contributed by atoms with Crippen LogP contribution in [0.2, 0.25) is 0 Å². The van der Waals surface area contributed by atoms with Gasteiger partial charge in [-0.25, -0.2) is 4.79 Å². The molecule has 20 heavy (non-hydrogen) atoms. The van der Waals surface area contributed by atoms with Gasteiger partial charge in [-0.2, -0.15) is 5.26 Å². The minimum atomic E-state index is -0.514. The predicted molar refractivity (Wildman–Crippen MR) is 76.9 cm³/mol. The third-order valence-electron chi connectivity index (χ3n) is 4.25. The van der Waals surface area contributed by atoms with Crippen LogP contribution in [0.15, 0.2) is 9.59 Å². The van der Waals surface area contributed by atoms with Crippen LogP contribution in [0.25, 0.3) is 0 Å². The molecule has 0 spiro atoms. The Morgan fingerprint density at radius 2 is 1.90 bits per heavy atom. The Morgan fingerprint density at radius 1 is 1.25 bits per heavy atom. The summed E-state index contributed by atoms with van der Waals surface area (Å²) in [4.78, 5) is 26.3. The van der Waals surface area contributed by atoms with E-state index in [9.17, 15) is 14.9 Å². The summed E-state index contributed by atoms with van der Waals surface area (Å²) in [6, 6.07) is 2.48. The van der Waals surface area contributed by atoms with Gasteiger partial charge in [-0.1, -0.05) is 6.92 Å². The van der Waals surface area contributed by atoms with Crippen molar-refractivity contribution in [2.45, 2.75) is 45.2 Å². The van der Waals surface area contributed by atoms with Crippen LogP contribution < -0.4 is 16.1 Å². The van der Waals surface area contributed by atoms with Crippen LogP contribution in [-0.2, 0) is 14.1 Å². The first-order valence-electron chi connectivity index (χ1n) is 6.92. The molecule has 2 rings (SSSR count). The number of hydrogen-bond acceptors (Lipinski definition) is 4. The molecule has 0 saturated carbocycles. The molecule has 0 N–H and O–H groups in total. The quantitative estimate of drug-likeness (QED) is 0.798. The molecule has 1 aliphatic rings. The fraction of sp³-hybridized carbons (Fsp3) is 0.643. The standard InChI is InChI=1S/C14H20N4O2/c1-5-10-7-6-9(2)18(10)12-11(8-15)13(19)17(4)14(20)16(12)3/h9-10H,5-7H2,1-4H3/t9-,10-/m1/s1. The monoisotopic (exact) mass is 276 g/mol. The highest BCUT2D eigenvalue weighted by Gasteiger charge is 2.34. The molecule has 6 nitrogen and oxygen atoms in total. The van der Waals surface area contributed by atoms with Gasteiger partial charge in [0.15, 0.2) is 5.56 Å².